The smallest absolute Gasteiger partial charge is 0.336 e. The minimum absolute atomic E-state index is 0.420. The van der Waals surface area contributed by atoms with E-state index >= 15 is 0 Å². The highest BCUT2D eigenvalue weighted by Gasteiger charge is 2.05. The number of carbonyl (C=O) groups is 1. The molecule has 0 aliphatic heterocycles. The molecular weight excluding hydrogens is 356 g/mol. The molecule has 0 aliphatic carbocycles. The molecule has 0 saturated heterocycles. The van der Waals surface area contributed by atoms with Crippen LogP contribution in [0.1, 0.15) is 5.56 Å². The number of benzene rings is 2. The molecule has 108 valence electrons. The molecule has 0 fully saturated rings. The number of carbonyl (C=O) groups excluding carboxylic acids is 1. The topological polar surface area (TPSA) is 35.5 Å². The molecule has 2 rings (SSSR count). The van der Waals surface area contributed by atoms with Crippen LogP contribution in [0, 0.1) is 0 Å². The second-order valence-electron chi connectivity index (χ2n) is 4.10. The van der Waals surface area contributed by atoms with Crippen molar-refractivity contribution in [2.24, 2.45) is 0 Å². The summed E-state index contributed by atoms with van der Waals surface area (Å²) in [6.07, 6.45) is 3.04. The van der Waals surface area contributed by atoms with Crippen molar-refractivity contribution in [1.82, 2.24) is 0 Å². The number of halogens is 2. The summed E-state index contributed by atoms with van der Waals surface area (Å²) in [5.41, 5.74) is 0.878. The Morgan fingerprint density at radius 1 is 1.19 bits per heavy atom. The van der Waals surface area contributed by atoms with E-state index in [-0.39, 0.29) is 0 Å². The van der Waals surface area contributed by atoms with Crippen LogP contribution in [0.5, 0.6) is 11.5 Å². The number of hydrogen-bond donors (Lipinski definition) is 0. The highest BCUT2D eigenvalue weighted by molar-refractivity contribution is 9.10. The van der Waals surface area contributed by atoms with Gasteiger partial charge in [0.25, 0.3) is 0 Å². The highest BCUT2D eigenvalue weighted by atomic mass is 79.9. The van der Waals surface area contributed by atoms with Gasteiger partial charge in [-0.1, -0.05) is 23.7 Å². The molecule has 21 heavy (non-hydrogen) atoms. The predicted molar refractivity (Wildman–Crippen MR) is 86.8 cm³/mol. The van der Waals surface area contributed by atoms with Crippen molar-refractivity contribution >= 4 is 39.6 Å². The zero-order valence-corrected chi connectivity index (χ0v) is 13.5. The maximum atomic E-state index is 11.8. The van der Waals surface area contributed by atoms with E-state index in [1.807, 2.05) is 24.3 Å². The number of methoxy groups -OCH3 is 1. The van der Waals surface area contributed by atoms with Crippen LogP contribution in [-0.4, -0.2) is 13.1 Å². The average Bonchev–Trinajstić information content (AvgIpc) is 2.48. The average molecular weight is 368 g/mol. The zero-order chi connectivity index (χ0) is 15.2. The third-order valence-corrected chi connectivity index (χ3v) is 3.49. The molecule has 0 aliphatic rings. The largest absolute Gasteiger partial charge is 0.497 e. The molecule has 0 N–H and O–H groups in total. The predicted octanol–water partition coefficient (Wildman–Crippen LogP) is 4.73. The second-order valence-corrected chi connectivity index (χ2v) is 5.39. The van der Waals surface area contributed by atoms with E-state index in [2.05, 4.69) is 15.9 Å². The molecule has 0 spiro atoms. The number of hydrogen-bond acceptors (Lipinski definition) is 3. The van der Waals surface area contributed by atoms with Crippen molar-refractivity contribution < 1.29 is 14.3 Å². The molecule has 5 heteroatoms. The van der Waals surface area contributed by atoms with Crippen molar-refractivity contribution in [2.75, 3.05) is 7.11 Å². The maximum absolute atomic E-state index is 11.8. The Morgan fingerprint density at radius 3 is 2.52 bits per heavy atom. The summed E-state index contributed by atoms with van der Waals surface area (Å²) in [6, 6.07) is 12.3. The van der Waals surface area contributed by atoms with Crippen molar-refractivity contribution in [3.05, 3.63) is 63.6 Å². The molecule has 0 atom stereocenters. The molecule has 0 saturated carbocycles. The lowest BCUT2D eigenvalue weighted by atomic mass is 10.2. The van der Waals surface area contributed by atoms with Crippen molar-refractivity contribution in [3.8, 4) is 11.5 Å². The van der Waals surface area contributed by atoms with Crippen LogP contribution in [-0.2, 0) is 4.79 Å². The van der Waals surface area contributed by atoms with Crippen LogP contribution >= 0.6 is 27.5 Å². The molecule has 0 aromatic heterocycles. The SMILES string of the molecule is COc1ccc(/C=C/C(=O)Oc2ccc(Cl)cc2Br)cc1. The van der Waals surface area contributed by atoms with Crippen LogP contribution < -0.4 is 9.47 Å². The number of esters is 1. The van der Waals surface area contributed by atoms with Gasteiger partial charge < -0.3 is 9.47 Å². The Labute approximate surface area is 136 Å². The molecule has 0 bridgehead atoms. The summed E-state index contributed by atoms with van der Waals surface area (Å²) < 4.78 is 10.9. The van der Waals surface area contributed by atoms with Crippen LogP contribution in [0.4, 0.5) is 0 Å². The quantitative estimate of drug-likeness (QED) is 0.445. The van der Waals surface area contributed by atoms with E-state index in [1.54, 1.807) is 31.4 Å². The third-order valence-electron chi connectivity index (χ3n) is 2.63. The first-order valence-electron chi connectivity index (χ1n) is 6.07. The van der Waals surface area contributed by atoms with E-state index in [9.17, 15) is 4.79 Å². The first kappa shape index (κ1) is 15.6. The fraction of sp³-hybridized carbons (Fsp3) is 0.0625. The lowest BCUT2D eigenvalue weighted by Gasteiger charge is -2.04. The Morgan fingerprint density at radius 2 is 1.90 bits per heavy atom. The van der Waals surface area contributed by atoms with Gasteiger partial charge in [-0.05, 0) is 57.9 Å². The second kappa shape index (κ2) is 7.29. The summed E-state index contributed by atoms with van der Waals surface area (Å²) in [6.45, 7) is 0. The lowest BCUT2D eigenvalue weighted by Crippen LogP contribution is -2.04. The van der Waals surface area contributed by atoms with Gasteiger partial charge in [-0.3, -0.25) is 0 Å². The van der Waals surface area contributed by atoms with Gasteiger partial charge in [0, 0.05) is 11.1 Å². The van der Waals surface area contributed by atoms with E-state index in [4.69, 9.17) is 21.1 Å². The standard InChI is InChI=1S/C16H12BrClO3/c1-20-13-6-2-11(3-7-13)4-9-16(19)21-15-8-5-12(18)10-14(15)17/h2-10H,1H3/b9-4+. The van der Waals surface area contributed by atoms with Crippen LogP contribution in [0.25, 0.3) is 6.08 Å². The van der Waals surface area contributed by atoms with Gasteiger partial charge in [0.2, 0.25) is 0 Å². The van der Waals surface area contributed by atoms with E-state index in [0.717, 1.165) is 11.3 Å². The monoisotopic (exact) mass is 366 g/mol. The molecule has 2 aromatic rings. The summed E-state index contributed by atoms with van der Waals surface area (Å²) in [7, 11) is 1.60. The number of rotatable bonds is 4. The Kier molecular flexibility index (Phi) is 5.42. The van der Waals surface area contributed by atoms with Gasteiger partial charge in [0.05, 0.1) is 11.6 Å². The van der Waals surface area contributed by atoms with Crippen molar-refractivity contribution in [3.63, 3.8) is 0 Å². The molecule has 0 unspecified atom stereocenters. The van der Waals surface area contributed by atoms with Crippen LogP contribution in [0.15, 0.2) is 53.0 Å². The maximum Gasteiger partial charge on any atom is 0.336 e. The summed E-state index contributed by atoms with van der Waals surface area (Å²) >= 11 is 9.11. The van der Waals surface area contributed by atoms with Crippen molar-refractivity contribution in [2.45, 2.75) is 0 Å². The molecule has 0 radical (unpaired) electrons. The Balaban J connectivity index is 2.01. The van der Waals surface area contributed by atoms with Crippen LogP contribution in [0.2, 0.25) is 5.02 Å². The molecule has 3 nitrogen and oxygen atoms in total. The first-order chi connectivity index (χ1) is 10.1. The summed E-state index contributed by atoms with van der Waals surface area (Å²) in [4.78, 5) is 11.8. The lowest BCUT2D eigenvalue weighted by molar-refractivity contribution is -0.128. The highest BCUT2D eigenvalue weighted by Crippen LogP contribution is 2.28. The summed E-state index contributed by atoms with van der Waals surface area (Å²) in [5.74, 6) is 0.720. The Bertz CT molecular complexity index is 666. The van der Waals surface area contributed by atoms with E-state index < -0.39 is 5.97 Å². The van der Waals surface area contributed by atoms with E-state index in [0.29, 0.717) is 15.2 Å². The van der Waals surface area contributed by atoms with Crippen molar-refractivity contribution in [1.29, 1.82) is 0 Å². The van der Waals surface area contributed by atoms with E-state index in [1.165, 1.54) is 6.08 Å². The molecular formula is C16H12BrClO3. The molecule has 2 aromatic carbocycles. The fourth-order valence-electron chi connectivity index (χ4n) is 1.58. The molecule has 0 amide bonds. The minimum Gasteiger partial charge on any atom is -0.497 e. The van der Waals surface area contributed by atoms with Gasteiger partial charge in [-0.25, -0.2) is 4.79 Å². The summed E-state index contributed by atoms with van der Waals surface area (Å²) in [5, 5.41) is 0.565. The number of ether oxygens (including phenoxy) is 2. The molecule has 0 heterocycles. The van der Waals surface area contributed by atoms with Gasteiger partial charge in [-0.2, -0.15) is 0 Å². The van der Waals surface area contributed by atoms with Gasteiger partial charge in [0.15, 0.2) is 0 Å². The third kappa shape index (κ3) is 4.62. The minimum atomic E-state index is -0.464. The van der Waals surface area contributed by atoms with Gasteiger partial charge >= 0.3 is 5.97 Å². The fourth-order valence-corrected chi connectivity index (χ4v) is 2.34. The van der Waals surface area contributed by atoms with Crippen LogP contribution in [0.3, 0.4) is 0 Å². The zero-order valence-electron chi connectivity index (χ0n) is 11.2. The normalized spacial score (nSPS) is 10.6. The Hall–Kier alpha value is -1.78. The van der Waals surface area contributed by atoms with Gasteiger partial charge in [0.1, 0.15) is 11.5 Å². The van der Waals surface area contributed by atoms with Gasteiger partial charge in [-0.15, -0.1) is 0 Å². The first-order valence-corrected chi connectivity index (χ1v) is 7.24.